The molecule has 1 aromatic rings. The molecule has 0 saturated carbocycles. The van der Waals surface area contributed by atoms with E-state index in [1.165, 1.54) is 13.1 Å². The van der Waals surface area contributed by atoms with Crippen molar-refractivity contribution in [3.05, 3.63) is 23.8 Å². The van der Waals surface area contributed by atoms with Gasteiger partial charge >= 0.3 is 12.2 Å². The average molecular weight is 403 g/mol. The first-order valence-electron chi connectivity index (χ1n) is 8.26. The van der Waals surface area contributed by atoms with Gasteiger partial charge < -0.3 is 31.3 Å². The van der Waals surface area contributed by atoms with Gasteiger partial charge in [-0.15, -0.1) is 0 Å². The highest BCUT2D eigenvalue weighted by Crippen LogP contribution is 2.38. The minimum atomic E-state index is -4.76. The smallest absolute Gasteiger partial charge is 0.370 e. The summed E-state index contributed by atoms with van der Waals surface area (Å²) in [6, 6.07) is 1.26. The summed E-state index contributed by atoms with van der Waals surface area (Å²) < 4.78 is 45.5. The van der Waals surface area contributed by atoms with Gasteiger partial charge in [0.05, 0.1) is 17.9 Å². The molecule has 4 amide bonds. The zero-order valence-electron chi connectivity index (χ0n) is 14.9. The summed E-state index contributed by atoms with van der Waals surface area (Å²) in [4.78, 5) is 36.4. The molecule has 12 heteroatoms. The first kappa shape index (κ1) is 21.4. The number of carbonyl (C=O) groups is 3. The van der Waals surface area contributed by atoms with Crippen molar-refractivity contribution in [2.45, 2.75) is 12.2 Å². The highest BCUT2D eigenvalue weighted by atomic mass is 19.4. The predicted octanol–water partition coefficient (Wildman–Crippen LogP) is 0.263. The van der Waals surface area contributed by atoms with Gasteiger partial charge in [0.2, 0.25) is 5.91 Å². The third-order valence-electron chi connectivity index (χ3n) is 3.93. The van der Waals surface area contributed by atoms with E-state index in [0.29, 0.717) is 0 Å². The van der Waals surface area contributed by atoms with Crippen molar-refractivity contribution in [1.82, 2.24) is 10.6 Å². The summed E-state index contributed by atoms with van der Waals surface area (Å²) in [5.41, 5.74) is 3.87. The van der Waals surface area contributed by atoms with Gasteiger partial charge in [0.1, 0.15) is 12.6 Å². The van der Waals surface area contributed by atoms with E-state index < -0.39 is 35.6 Å². The molecule has 0 aliphatic carbocycles. The SMILES string of the molecule is CNC(=O)N[C@@H](CN)C(=O)Nc1ccc(N2CCOCC2=O)c(C(F)(F)F)c1. The Hall–Kier alpha value is -2.86. The van der Waals surface area contributed by atoms with Crippen LogP contribution in [0.15, 0.2) is 18.2 Å². The molecule has 2 rings (SSSR count). The highest BCUT2D eigenvalue weighted by molar-refractivity contribution is 5.99. The van der Waals surface area contributed by atoms with Crippen LogP contribution in [0.25, 0.3) is 0 Å². The second-order valence-corrected chi connectivity index (χ2v) is 5.83. The summed E-state index contributed by atoms with van der Waals surface area (Å²) in [5.74, 6) is -1.37. The molecule has 0 unspecified atom stereocenters. The monoisotopic (exact) mass is 403 g/mol. The van der Waals surface area contributed by atoms with Gasteiger partial charge in [0, 0.05) is 25.8 Å². The Morgan fingerprint density at radius 1 is 1.36 bits per heavy atom. The number of urea groups is 1. The van der Waals surface area contributed by atoms with Gasteiger partial charge in [-0.05, 0) is 18.2 Å². The summed E-state index contributed by atoms with van der Waals surface area (Å²) in [6.45, 7) is -0.464. The van der Waals surface area contributed by atoms with E-state index in [1.54, 1.807) is 0 Å². The molecule has 0 spiro atoms. The summed E-state index contributed by atoms with van der Waals surface area (Å²) in [7, 11) is 1.34. The molecule has 154 valence electrons. The van der Waals surface area contributed by atoms with Crippen molar-refractivity contribution in [2.75, 3.05) is 43.6 Å². The number of hydrogen-bond donors (Lipinski definition) is 4. The maximum atomic E-state index is 13.5. The van der Waals surface area contributed by atoms with E-state index in [9.17, 15) is 27.6 Å². The Balaban J connectivity index is 2.28. The number of anilines is 2. The van der Waals surface area contributed by atoms with E-state index in [-0.39, 0.29) is 37.7 Å². The molecule has 0 radical (unpaired) electrons. The lowest BCUT2D eigenvalue weighted by Gasteiger charge is -2.29. The summed E-state index contributed by atoms with van der Waals surface area (Å²) in [5, 5.41) is 6.80. The molecule has 0 aromatic heterocycles. The highest BCUT2D eigenvalue weighted by Gasteiger charge is 2.37. The van der Waals surface area contributed by atoms with Crippen LogP contribution in [-0.2, 0) is 20.5 Å². The lowest BCUT2D eigenvalue weighted by Crippen LogP contribution is -2.50. The number of morpholine rings is 1. The molecule has 0 bridgehead atoms. The van der Waals surface area contributed by atoms with Crippen LogP contribution in [0, 0.1) is 0 Å². The number of ether oxygens (including phenoxy) is 1. The number of hydrogen-bond acceptors (Lipinski definition) is 5. The molecular formula is C16H20F3N5O4. The summed E-state index contributed by atoms with van der Waals surface area (Å²) >= 11 is 0. The van der Waals surface area contributed by atoms with Crippen molar-refractivity contribution in [3.8, 4) is 0 Å². The number of rotatable bonds is 5. The van der Waals surface area contributed by atoms with E-state index in [4.69, 9.17) is 10.5 Å². The predicted molar refractivity (Wildman–Crippen MR) is 93.7 cm³/mol. The van der Waals surface area contributed by atoms with Gasteiger partial charge in [-0.25, -0.2) is 4.79 Å². The lowest BCUT2D eigenvalue weighted by molar-refractivity contribution is -0.137. The first-order chi connectivity index (χ1) is 13.2. The zero-order chi connectivity index (χ0) is 20.9. The number of halogens is 3. The van der Waals surface area contributed by atoms with Crippen LogP contribution in [-0.4, -0.2) is 57.2 Å². The minimum absolute atomic E-state index is 0.0150. The van der Waals surface area contributed by atoms with Crippen LogP contribution < -0.4 is 26.6 Å². The van der Waals surface area contributed by atoms with Crippen molar-refractivity contribution in [3.63, 3.8) is 0 Å². The Labute approximate surface area is 158 Å². The third-order valence-corrected chi connectivity index (χ3v) is 3.93. The van der Waals surface area contributed by atoms with E-state index in [2.05, 4.69) is 16.0 Å². The molecule has 1 atom stereocenters. The van der Waals surface area contributed by atoms with Crippen molar-refractivity contribution in [2.24, 2.45) is 5.73 Å². The molecule has 1 fully saturated rings. The Kier molecular flexibility index (Phi) is 6.80. The fourth-order valence-corrected chi connectivity index (χ4v) is 2.54. The van der Waals surface area contributed by atoms with Crippen LogP contribution in [0.2, 0.25) is 0 Å². The van der Waals surface area contributed by atoms with Gasteiger partial charge in [-0.2, -0.15) is 13.2 Å². The number of alkyl halides is 3. The van der Waals surface area contributed by atoms with Gasteiger partial charge in [-0.1, -0.05) is 0 Å². The second kappa shape index (κ2) is 8.89. The summed E-state index contributed by atoms with van der Waals surface area (Å²) in [6.07, 6.45) is -4.76. The van der Waals surface area contributed by atoms with Crippen LogP contribution >= 0.6 is 0 Å². The number of nitrogens with two attached hydrogens (primary N) is 1. The molecular weight excluding hydrogens is 383 g/mol. The van der Waals surface area contributed by atoms with Gasteiger partial charge in [0.15, 0.2) is 0 Å². The first-order valence-corrected chi connectivity index (χ1v) is 8.26. The quantitative estimate of drug-likeness (QED) is 0.561. The molecule has 5 N–H and O–H groups in total. The number of carbonyl (C=O) groups excluding carboxylic acids is 3. The molecule has 9 nitrogen and oxygen atoms in total. The van der Waals surface area contributed by atoms with Crippen molar-refractivity contribution in [1.29, 1.82) is 0 Å². The number of nitrogens with zero attached hydrogens (tertiary/aromatic N) is 1. The molecule has 28 heavy (non-hydrogen) atoms. The normalized spacial score (nSPS) is 15.8. The Morgan fingerprint density at radius 3 is 2.64 bits per heavy atom. The second-order valence-electron chi connectivity index (χ2n) is 5.83. The molecule has 1 saturated heterocycles. The van der Waals surface area contributed by atoms with Gasteiger partial charge in [-0.3, -0.25) is 9.59 Å². The molecule has 1 heterocycles. The van der Waals surface area contributed by atoms with E-state index in [1.807, 2.05) is 0 Å². The van der Waals surface area contributed by atoms with Crippen LogP contribution in [0.4, 0.5) is 29.3 Å². The largest absolute Gasteiger partial charge is 0.418 e. The van der Waals surface area contributed by atoms with E-state index >= 15 is 0 Å². The molecule has 1 aliphatic rings. The fraction of sp³-hybridized carbons (Fsp3) is 0.438. The zero-order valence-corrected chi connectivity index (χ0v) is 14.9. The van der Waals surface area contributed by atoms with E-state index in [0.717, 1.165) is 17.0 Å². The molecule has 1 aliphatic heterocycles. The minimum Gasteiger partial charge on any atom is -0.370 e. The van der Waals surface area contributed by atoms with Gasteiger partial charge in [0.25, 0.3) is 5.91 Å². The number of nitrogens with one attached hydrogen (secondary N) is 3. The maximum absolute atomic E-state index is 13.5. The topological polar surface area (TPSA) is 126 Å². The van der Waals surface area contributed by atoms with Crippen LogP contribution in [0.3, 0.4) is 0 Å². The van der Waals surface area contributed by atoms with Crippen molar-refractivity contribution >= 4 is 29.2 Å². The number of benzene rings is 1. The Bertz CT molecular complexity index is 756. The third kappa shape index (κ3) is 5.10. The van der Waals surface area contributed by atoms with Crippen LogP contribution in [0.5, 0.6) is 0 Å². The molecule has 1 aromatic carbocycles. The van der Waals surface area contributed by atoms with Crippen molar-refractivity contribution < 1.29 is 32.3 Å². The number of amides is 4. The Morgan fingerprint density at radius 2 is 2.07 bits per heavy atom. The lowest BCUT2D eigenvalue weighted by atomic mass is 10.1. The van der Waals surface area contributed by atoms with Crippen LogP contribution in [0.1, 0.15) is 5.56 Å². The fourth-order valence-electron chi connectivity index (χ4n) is 2.54. The maximum Gasteiger partial charge on any atom is 0.418 e. The average Bonchev–Trinajstić information content (AvgIpc) is 2.65. The standard InChI is InChI=1S/C16H20F3N5O4/c1-21-15(27)23-11(7-20)14(26)22-9-2-3-12(10(6-9)16(17,18)19)24-4-5-28-8-13(24)25/h2-3,6,11H,4-5,7-8,20H2,1H3,(H,22,26)(H2,21,23,27)/t11-/m0/s1.